The van der Waals surface area contributed by atoms with Crippen LogP contribution in [-0.2, 0) is 4.79 Å². The molecule has 0 bridgehead atoms. The van der Waals surface area contributed by atoms with Crippen molar-refractivity contribution in [2.75, 3.05) is 23.3 Å². The zero-order valence-corrected chi connectivity index (χ0v) is 17.7. The monoisotopic (exact) mass is 405 g/mol. The first-order chi connectivity index (χ1) is 14.6. The largest absolute Gasteiger partial charge is 0.371 e. The van der Waals surface area contributed by atoms with Gasteiger partial charge in [0.05, 0.1) is 17.3 Å². The van der Waals surface area contributed by atoms with E-state index in [2.05, 4.69) is 15.5 Å². The van der Waals surface area contributed by atoms with E-state index in [0.29, 0.717) is 5.56 Å². The molecule has 0 radical (unpaired) electrons. The molecule has 0 aromatic heterocycles. The second kappa shape index (κ2) is 9.33. The average Bonchev–Trinajstić information content (AvgIpc) is 3.61. The molecule has 158 valence electrons. The van der Waals surface area contributed by atoms with Gasteiger partial charge in [-0.1, -0.05) is 43.2 Å². The van der Waals surface area contributed by atoms with Gasteiger partial charge in [0, 0.05) is 24.7 Å². The first kappa shape index (κ1) is 20.5. The summed E-state index contributed by atoms with van der Waals surface area (Å²) in [6.45, 7) is 3.88. The molecule has 2 N–H and O–H groups in total. The van der Waals surface area contributed by atoms with E-state index in [1.807, 2.05) is 55.5 Å². The molecule has 5 heteroatoms. The first-order valence-corrected chi connectivity index (χ1v) is 11.2. The van der Waals surface area contributed by atoms with Crippen molar-refractivity contribution < 1.29 is 9.59 Å². The van der Waals surface area contributed by atoms with Gasteiger partial charge in [0.2, 0.25) is 5.91 Å². The van der Waals surface area contributed by atoms with Gasteiger partial charge in [0.1, 0.15) is 0 Å². The van der Waals surface area contributed by atoms with E-state index >= 15 is 0 Å². The van der Waals surface area contributed by atoms with Crippen molar-refractivity contribution in [1.82, 2.24) is 5.32 Å². The Morgan fingerprint density at radius 3 is 2.33 bits per heavy atom. The number of nitrogens with zero attached hydrogens (tertiary/aromatic N) is 1. The van der Waals surface area contributed by atoms with E-state index in [4.69, 9.17) is 0 Å². The van der Waals surface area contributed by atoms with Gasteiger partial charge in [-0.15, -0.1) is 0 Å². The SMILES string of the molecule is C[C@@H](NC(=O)c1ccc(NC(=O)C2CC2)cc1N1CCCCCC1)c1ccccc1. The highest BCUT2D eigenvalue weighted by atomic mass is 16.2. The molecule has 0 spiro atoms. The molecule has 2 fully saturated rings. The normalized spacial score (nSPS) is 17.7. The Kier molecular flexibility index (Phi) is 6.36. The fourth-order valence-electron chi connectivity index (χ4n) is 4.06. The van der Waals surface area contributed by atoms with Gasteiger partial charge in [-0.2, -0.15) is 0 Å². The molecular formula is C25H31N3O2. The van der Waals surface area contributed by atoms with E-state index < -0.39 is 0 Å². The summed E-state index contributed by atoms with van der Waals surface area (Å²) in [5.41, 5.74) is 3.45. The van der Waals surface area contributed by atoms with Crippen molar-refractivity contribution in [3.8, 4) is 0 Å². The summed E-state index contributed by atoms with van der Waals surface area (Å²) in [6.07, 6.45) is 6.65. The van der Waals surface area contributed by atoms with Crippen LogP contribution in [0, 0.1) is 5.92 Å². The third-order valence-corrected chi connectivity index (χ3v) is 6.05. The van der Waals surface area contributed by atoms with Gasteiger partial charge in [0.15, 0.2) is 0 Å². The van der Waals surface area contributed by atoms with Gasteiger partial charge in [-0.25, -0.2) is 0 Å². The molecule has 2 amide bonds. The molecule has 2 aromatic rings. The Morgan fingerprint density at radius 2 is 1.67 bits per heavy atom. The number of carbonyl (C=O) groups excluding carboxylic acids is 2. The van der Waals surface area contributed by atoms with Crippen LogP contribution in [0.2, 0.25) is 0 Å². The second-order valence-electron chi connectivity index (χ2n) is 8.50. The summed E-state index contributed by atoms with van der Waals surface area (Å²) in [5.74, 6) is 0.165. The van der Waals surface area contributed by atoms with Crippen LogP contribution in [0.5, 0.6) is 0 Å². The fourth-order valence-corrected chi connectivity index (χ4v) is 4.06. The Labute approximate surface area is 178 Å². The highest BCUT2D eigenvalue weighted by Gasteiger charge is 2.30. The standard InChI is InChI=1S/C25H31N3O2/c1-18(19-9-5-4-6-10-19)26-25(30)22-14-13-21(27-24(29)20-11-12-20)17-23(22)28-15-7-2-3-8-16-28/h4-6,9-10,13-14,17-18,20H,2-3,7-8,11-12,15-16H2,1H3,(H,26,30)(H,27,29)/t18-/m1/s1. The van der Waals surface area contributed by atoms with Gasteiger partial charge >= 0.3 is 0 Å². The van der Waals surface area contributed by atoms with Crippen molar-refractivity contribution in [3.63, 3.8) is 0 Å². The molecular weight excluding hydrogens is 374 g/mol. The number of nitrogens with one attached hydrogen (secondary N) is 2. The van der Waals surface area contributed by atoms with E-state index in [1.54, 1.807) is 0 Å². The highest BCUT2D eigenvalue weighted by Crippen LogP contribution is 2.32. The van der Waals surface area contributed by atoms with Crippen LogP contribution in [0.15, 0.2) is 48.5 Å². The number of hydrogen-bond acceptors (Lipinski definition) is 3. The van der Waals surface area contributed by atoms with Crippen molar-refractivity contribution in [2.45, 2.75) is 51.5 Å². The van der Waals surface area contributed by atoms with E-state index in [1.165, 1.54) is 12.8 Å². The summed E-state index contributed by atoms with van der Waals surface area (Å²) < 4.78 is 0. The average molecular weight is 406 g/mol. The summed E-state index contributed by atoms with van der Waals surface area (Å²) in [5, 5.41) is 6.18. The van der Waals surface area contributed by atoms with Crippen LogP contribution in [0.3, 0.4) is 0 Å². The third kappa shape index (κ3) is 5.02. The van der Waals surface area contributed by atoms with Crippen LogP contribution in [0.25, 0.3) is 0 Å². The molecule has 4 rings (SSSR count). The number of anilines is 2. The molecule has 1 aliphatic carbocycles. The van der Waals surface area contributed by atoms with Gasteiger partial charge in [-0.05, 0) is 56.4 Å². The van der Waals surface area contributed by atoms with Crippen LogP contribution in [0.4, 0.5) is 11.4 Å². The number of carbonyl (C=O) groups is 2. The van der Waals surface area contributed by atoms with Crippen molar-refractivity contribution in [3.05, 3.63) is 59.7 Å². The fraction of sp³-hybridized carbons (Fsp3) is 0.440. The molecule has 1 saturated carbocycles. The minimum Gasteiger partial charge on any atom is -0.371 e. The highest BCUT2D eigenvalue weighted by molar-refractivity contribution is 6.02. The van der Waals surface area contributed by atoms with E-state index in [9.17, 15) is 9.59 Å². The maximum absolute atomic E-state index is 13.2. The van der Waals surface area contributed by atoms with Crippen molar-refractivity contribution in [1.29, 1.82) is 0 Å². The number of hydrogen-bond donors (Lipinski definition) is 2. The summed E-state index contributed by atoms with van der Waals surface area (Å²) in [6, 6.07) is 15.6. The Balaban J connectivity index is 1.57. The van der Waals surface area contributed by atoms with Gasteiger partial charge in [0.25, 0.3) is 5.91 Å². The zero-order chi connectivity index (χ0) is 20.9. The van der Waals surface area contributed by atoms with Crippen molar-refractivity contribution >= 4 is 23.2 Å². The molecule has 1 heterocycles. The van der Waals surface area contributed by atoms with Gasteiger partial charge < -0.3 is 15.5 Å². The minimum absolute atomic E-state index is 0.0781. The number of benzene rings is 2. The molecule has 1 atom stereocenters. The van der Waals surface area contributed by atoms with Gasteiger partial charge in [-0.3, -0.25) is 9.59 Å². The maximum Gasteiger partial charge on any atom is 0.253 e. The predicted octanol–water partition coefficient (Wildman–Crippen LogP) is 4.91. The third-order valence-electron chi connectivity index (χ3n) is 6.05. The predicted molar refractivity (Wildman–Crippen MR) is 121 cm³/mol. The molecule has 1 aliphatic heterocycles. The molecule has 2 aliphatic rings. The lowest BCUT2D eigenvalue weighted by atomic mass is 10.1. The first-order valence-electron chi connectivity index (χ1n) is 11.2. The lowest BCUT2D eigenvalue weighted by molar-refractivity contribution is -0.117. The second-order valence-corrected chi connectivity index (χ2v) is 8.50. The van der Waals surface area contributed by atoms with Crippen LogP contribution in [-0.4, -0.2) is 24.9 Å². The smallest absolute Gasteiger partial charge is 0.253 e. The maximum atomic E-state index is 13.2. The topological polar surface area (TPSA) is 61.4 Å². The minimum atomic E-state index is -0.0788. The molecule has 1 saturated heterocycles. The Hall–Kier alpha value is -2.82. The summed E-state index contributed by atoms with van der Waals surface area (Å²) in [7, 11) is 0. The summed E-state index contributed by atoms with van der Waals surface area (Å²) >= 11 is 0. The number of rotatable bonds is 6. The summed E-state index contributed by atoms with van der Waals surface area (Å²) in [4.78, 5) is 27.7. The lowest BCUT2D eigenvalue weighted by Crippen LogP contribution is -2.31. The quantitative estimate of drug-likeness (QED) is 0.718. The molecule has 2 aromatic carbocycles. The van der Waals surface area contributed by atoms with Crippen LogP contribution in [0.1, 0.15) is 67.4 Å². The number of amides is 2. The molecule has 30 heavy (non-hydrogen) atoms. The van der Waals surface area contributed by atoms with Crippen LogP contribution >= 0.6 is 0 Å². The van der Waals surface area contributed by atoms with E-state index in [0.717, 1.165) is 55.7 Å². The van der Waals surface area contributed by atoms with E-state index in [-0.39, 0.29) is 23.8 Å². The lowest BCUT2D eigenvalue weighted by Gasteiger charge is -2.26. The van der Waals surface area contributed by atoms with Crippen molar-refractivity contribution in [2.24, 2.45) is 5.92 Å². The Morgan fingerprint density at radius 1 is 0.967 bits per heavy atom. The Bertz CT molecular complexity index is 885. The van der Waals surface area contributed by atoms with Crippen LogP contribution < -0.4 is 15.5 Å². The molecule has 5 nitrogen and oxygen atoms in total. The zero-order valence-electron chi connectivity index (χ0n) is 17.7. The molecule has 0 unspecified atom stereocenters.